The summed E-state index contributed by atoms with van der Waals surface area (Å²) in [6, 6.07) is 28.7. The highest BCUT2D eigenvalue weighted by molar-refractivity contribution is 5.70. The topological polar surface area (TPSA) is 62.5 Å². The van der Waals surface area contributed by atoms with Crippen LogP contribution in [-0.2, 0) is 5.41 Å². The summed E-state index contributed by atoms with van der Waals surface area (Å²) in [5.41, 5.74) is 4.94. The molecule has 184 valence electrons. The van der Waals surface area contributed by atoms with Gasteiger partial charge in [0.05, 0.1) is 11.6 Å². The van der Waals surface area contributed by atoms with Crippen LogP contribution in [-0.4, -0.2) is 15.0 Å². The van der Waals surface area contributed by atoms with E-state index in [1.54, 1.807) is 6.07 Å². The summed E-state index contributed by atoms with van der Waals surface area (Å²) in [7, 11) is 0. The Labute approximate surface area is 219 Å². The number of hydrogen-bond acceptors (Lipinski definition) is 4. The molecule has 4 heteroatoms. The molecule has 2 bridgehead atoms. The Hall–Kier alpha value is -3.84. The van der Waals surface area contributed by atoms with Gasteiger partial charge in [0.2, 0.25) is 0 Å². The molecule has 2 fully saturated rings. The molecule has 0 spiro atoms. The summed E-state index contributed by atoms with van der Waals surface area (Å²) in [6.07, 6.45) is 6.65. The Kier molecular flexibility index (Phi) is 6.08. The largest absolute Gasteiger partial charge is 0.208 e. The van der Waals surface area contributed by atoms with Crippen molar-refractivity contribution in [2.24, 2.45) is 17.8 Å². The lowest BCUT2D eigenvalue weighted by atomic mass is 9.54. The summed E-state index contributed by atoms with van der Waals surface area (Å²) < 4.78 is 0. The van der Waals surface area contributed by atoms with E-state index in [2.05, 4.69) is 44.2 Å². The van der Waals surface area contributed by atoms with Crippen molar-refractivity contribution in [2.45, 2.75) is 51.4 Å². The van der Waals surface area contributed by atoms with E-state index in [4.69, 9.17) is 15.0 Å². The normalized spacial score (nSPS) is 24.8. The minimum atomic E-state index is 0.295. The average Bonchev–Trinajstić information content (AvgIpc) is 2.92. The first-order valence-electron chi connectivity index (χ1n) is 13.4. The molecule has 2 unspecified atom stereocenters. The molecule has 0 aliphatic heterocycles. The second kappa shape index (κ2) is 9.56. The first-order valence-corrected chi connectivity index (χ1v) is 13.4. The van der Waals surface area contributed by atoms with Gasteiger partial charge < -0.3 is 0 Å². The summed E-state index contributed by atoms with van der Waals surface area (Å²) in [6.45, 7) is 4.86. The van der Waals surface area contributed by atoms with E-state index in [1.807, 2.05) is 48.5 Å². The van der Waals surface area contributed by atoms with Crippen molar-refractivity contribution < 1.29 is 0 Å². The lowest BCUT2D eigenvalue weighted by Crippen LogP contribution is -2.42. The molecule has 2 aliphatic rings. The summed E-state index contributed by atoms with van der Waals surface area (Å²) >= 11 is 0. The maximum absolute atomic E-state index is 9.69. The standard InChI is InChI=1S/C33H32N4/c1-22-16-24-17-23(2)19-33(18-22,20-24)28-14-12-26(13-15-28)31-35-30(25-8-4-3-5-9-25)36-32(37-31)29-11-7-6-10-27(29)21-34/h3-15,22-24H,16-20H2,1-2H3/t22-,23+,24?,33?. The number of benzene rings is 3. The smallest absolute Gasteiger partial charge is 0.165 e. The summed E-state index contributed by atoms with van der Waals surface area (Å²) in [4.78, 5) is 14.5. The molecular formula is C33H32N4. The van der Waals surface area contributed by atoms with Crippen molar-refractivity contribution in [3.63, 3.8) is 0 Å². The van der Waals surface area contributed by atoms with Gasteiger partial charge >= 0.3 is 0 Å². The van der Waals surface area contributed by atoms with Crippen LogP contribution in [0.3, 0.4) is 0 Å². The number of hydrogen-bond donors (Lipinski definition) is 0. The van der Waals surface area contributed by atoms with Gasteiger partial charge in [-0.15, -0.1) is 0 Å². The predicted octanol–water partition coefficient (Wildman–Crippen LogP) is 7.85. The lowest BCUT2D eigenvalue weighted by molar-refractivity contribution is 0.0780. The van der Waals surface area contributed by atoms with Crippen LogP contribution >= 0.6 is 0 Å². The number of fused-ring (bicyclic) bond motifs is 2. The Bertz CT molecular complexity index is 1430. The molecule has 3 aromatic carbocycles. The molecule has 0 saturated heterocycles. The number of rotatable bonds is 4. The zero-order valence-corrected chi connectivity index (χ0v) is 21.6. The van der Waals surface area contributed by atoms with Gasteiger partial charge in [-0.3, -0.25) is 0 Å². The van der Waals surface area contributed by atoms with Gasteiger partial charge in [-0.25, -0.2) is 15.0 Å². The molecule has 0 radical (unpaired) electrons. The maximum Gasteiger partial charge on any atom is 0.165 e. The van der Waals surface area contributed by atoms with Crippen molar-refractivity contribution in [1.82, 2.24) is 15.0 Å². The number of nitriles is 1. The number of aromatic nitrogens is 3. The van der Waals surface area contributed by atoms with E-state index < -0.39 is 0 Å². The lowest BCUT2D eigenvalue weighted by Gasteiger charge is -2.50. The fourth-order valence-corrected chi connectivity index (χ4v) is 7.15. The van der Waals surface area contributed by atoms with Gasteiger partial charge in [0.1, 0.15) is 0 Å². The third kappa shape index (κ3) is 4.55. The summed E-state index contributed by atoms with van der Waals surface area (Å²) in [5.74, 6) is 4.19. The van der Waals surface area contributed by atoms with Crippen molar-refractivity contribution in [3.05, 3.63) is 90.0 Å². The second-order valence-corrected chi connectivity index (χ2v) is 11.3. The Morgan fingerprint density at radius 1 is 0.676 bits per heavy atom. The molecular weight excluding hydrogens is 452 g/mol. The molecule has 6 rings (SSSR count). The molecule has 2 saturated carbocycles. The van der Waals surface area contributed by atoms with E-state index in [9.17, 15) is 5.26 Å². The Balaban J connectivity index is 1.42. The predicted molar refractivity (Wildman–Crippen MR) is 147 cm³/mol. The molecule has 0 N–H and O–H groups in total. The fourth-order valence-electron chi connectivity index (χ4n) is 7.15. The van der Waals surface area contributed by atoms with Gasteiger partial charge in [-0.05, 0) is 73.0 Å². The van der Waals surface area contributed by atoms with Crippen LogP contribution in [0.25, 0.3) is 34.2 Å². The highest BCUT2D eigenvalue weighted by atomic mass is 15.0. The molecule has 4 atom stereocenters. The van der Waals surface area contributed by atoms with E-state index in [0.29, 0.717) is 28.5 Å². The van der Waals surface area contributed by atoms with Crippen LogP contribution in [0.4, 0.5) is 0 Å². The zero-order valence-electron chi connectivity index (χ0n) is 21.6. The molecule has 0 amide bonds. The SMILES string of the molecule is C[C@@H]1CC2C[C@H](C)CC(c3ccc(-c4nc(-c5ccccc5)nc(-c5ccccc5C#N)n4)cc3)(C2)C1. The number of nitrogens with zero attached hydrogens (tertiary/aromatic N) is 4. The van der Waals surface area contributed by atoms with Crippen molar-refractivity contribution in [3.8, 4) is 40.2 Å². The zero-order chi connectivity index (χ0) is 25.4. The molecule has 1 aromatic heterocycles. The van der Waals surface area contributed by atoms with Crippen LogP contribution < -0.4 is 0 Å². The highest BCUT2D eigenvalue weighted by Gasteiger charge is 2.45. The highest BCUT2D eigenvalue weighted by Crippen LogP contribution is 2.54. The minimum absolute atomic E-state index is 0.295. The van der Waals surface area contributed by atoms with Crippen LogP contribution in [0, 0.1) is 29.1 Å². The first kappa shape index (κ1) is 23.6. The van der Waals surface area contributed by atoms with E-state index in [0.717, 1.165) is 34.4 Å². The van der Waals surface area contributed by atoms with E-state index in [-0.39, 0.29) is 0 Å². The Morgan fingerprint density at radius 2 is 1.24 bits per heavy atom. The van der Waals surface area contributed by atoms with Crippen LogP contribution in [0.2, 0.25) is 0 Å². The van der Waals surface area contributed by atoms with Crippen molar-refractivity contribution in [1.29, 1.82) is 5.26 Å². The van der Waals surface area contributed by atoms with Gasteiger partial charge in [-0.2, -0.15) is 5.26 Å². The quantitative estimate of drug-likeness (QED) is 0.296. The molecule has 4 nitrogen and oxygen atoms in total. The maximum atomic E-state index is 9.69. The van der Waals surface area contributed by atoms with E-state index in [1.165, 1.54) is 37.7 Å². The van der Waals surface area contributed by atoms with Gasteiger partial charge in [0, 0.05) is 16.7 Å². The average molecular weight is 485 g/mol. The fraction of sp³-hybridized carbons (Fsp3) is 0.333. The molecule has 37 heavy (non-hydrogen) atoms. The van der Waals surface area contributed by atoms with Gasteiger partial charge in [-0.1, -0.05) is 80.6 Å². The van der Waals surface area contributed by atoms with E-state index >= 15 is 0 Å². The third-order valence-corrected chi connectivity index (χ3v) is 8.34. The second-order valence-electron chi connectivity index (χ2n) is 11.3. The minimum Gasteiger partial charge on any atom is -0.208 e. The third-order valence-electron chi connectivity index (χ3n) is 8.34. The van der Waals surface area contributed by atoms with Gasteiger partial charge in [0.25, 0.3) is 0 Å². The Morgan fingerprint density at radius 3 is 1.89 bits per heavy atom. The van der Waals surface area contributed by atoms with Crippen molar-refractivity contribution in [2.75, 3.05) is 0 Å². The molecule has 2 aliphatic carbocycles. The monoisotopic (exact) mass is 484 g/mol. The molecule has 1 heterocycles. The first-order chi connectivity index (χ1) is 18.0. The van der Waals surface area contributed by atoms with Crippen molar-refractivity contribution >= 4 is 0 Å². The van der Waals surface area contributed by atoms with Gasteiger partial charge in [0.15, 0.2) is 17.5 Å². The summed E-state index contributed by atoms with van der Waals surface area (Å²) in [5, 5.41) is 9.69. The van der Waals surface area contributed by atoms with Crippen LogP contribution in [0.15, 0.2) is 78.9 Å². The van der Waals surface area contributed by atoms with Crippen LogP contribution in [0.1, 0.15) is 57.1 Å². The van der Waals surface area contributed by atoms with Crippen LogP contribution in [0.5, 0.6) is 0 Å². The molecule has 4 aromatic rings.